The number of thiol groups is 1. The average Bonchev–Trinajstić information content (AvgIpc) is 2.91. The SMILES string of the molecule is O=c1occ(-c2ccc(S)c(F)c2)n1-c1ccc(C(F)(F)F)cc1. The highest BCUT2D eigenvalue weighted by molar-refractivity contribution is 7.80. The van der Waals surface area contributed by atoms with E-state index in [9.17, 15) is 22.4 Å². The predicted molar refractivity (Wildman–Crippen MR) is 82.0 cm³/mol. The third kappa shape index (κ3) is 2.96. The maximum Gasteiger partial charge on any atom is 0.424 e. The van der Waals surface area contributed by atoms with Crippen LogP contribution in [0.3, 0.4) is 0 Å². The maximum atomic E-state index is 13.7. The van der Waals surface area contributed by atoms with Crippen LogP contribution in [-0.4, -0.2) is 4.57 Å². The molecule has 0 spiro atoms. The van der Waals surface area contributed by atoms with E-state index in [0.717, 1.165) is 41.2 Å². The van der Waals surface area contributed by atoms with E-state index in [1.54, 1.807) is 0 Å². The number of benzene rings is 2. The lowest BCUT2D eigenvalue weighted by molar-refractivity contribution is -0.137. The van der Waals surface area contributed by atoms with Crippen molar-refractivity contribution in [2.24, 2.45) is 0 Å². The van der Waals surface area contributed by atoms with E-state index in [4.69, 9.17) is 4.42 Å². The summed E-state index contributed by atoms with van der Waals surface area (Å²) in [5.41, 5.74) is -0.120. The Morgan fingerprint density at radius 2 is 1.71 bits per heavy atom. The van der Waals surface area contributed by atoms with Gasteiger partial charge in [-0.25, -0.2) is 13.8 Å². The molecule has 0 unspecified atom stereocenters. The Labute approximate surface area is 138 Å². The minimum Gasteiger partial charge on any atom is -0.415 e. The topological polar surface area (TPSA) is 35.1 Å². The van der Waals surface area contributed by atoms with Crippen molar-refractivity contribution >= 4 is 12.6 Å². The molecule has 0 aliphatic carbocycles. The zero-order chi connectivity index (χ0) is 17.5. The summed E-state index contributed by atoms with van der Waals surface area (Å²) in [5.74, 6) is -1.39. The van der Waals surface area contributed by atoms with Gasteiger partial charge in [-0.2, -0.15) is 13.2 Å². The Kier molecular flexibility index (Phi) is 4.00. The van der Waals surface area contributed by atoms with Gasteiger partial charge in [0.25, 0.3) is 0 Å². The summed E-state index contributed by atoms with van der Waals surface area (Å²) >= 11 is 3.92. The third-order valence-electron chi connectivity index (χ3n) is 3.39. The molecule has 0 fully saturated rings. The molecule has 0 atom stereocenters. The number of hydrogen-bond acceptors (Lipinski definition) is 3. The van der Waals surface area contributed by atoms with Crippen LogP contribution in [0, 0.1) is 5.82 Å². The van der Waals surface area contributed by atoms with Gasteiger partial charge in [-0.1, -0.05) is 6.07 Å². The molecule has 0 N–H and O–H groups in total. The number of halogens is 4. The minimum absolute atomic E-state index is 0.130. The van der Waals surface area contributed by atoms with E-state index in [0.29, 0.717) is 5.56 Å². The molecule has 124 valence electrons. The van der Waals surface area contributed by atoms with Crippen LogP contribution >= 0.6 is 12.6 Å². The lowest BCUT2D eigenvalue weighted by atomic mass is 10.1. The molecule has 0 saturated heterocycles. The summed E-state index contributed by atoms with van der Waals surface area (Å²) in [6, 6.07) is 8.09. The fourth-order valence-electron chi connectivity index (χ4n) is 2.22. The lowest BCUT2D eigenvalue weighted by Gasteiger charge is -2.10. The molecule has 3 rings (SSSR count). The Morgan fingerprint density at radius 1 is 1.04 bits per heavy atom. The van der Waals surface area contributed by atoms with E-state index < -0.39 is 23.3 Å². The number of aromatic nitrogens is 1. The first kappa shape index (κ1) is 16.4. The Hall–Kier alpha value is -2.48. The second kappa shape index (κ2) is 5.86. The van der Waals surface area contributed by atoms with Crippen molar-refractivity contribution in [2.75, 3.05) is 0 Å². The summed E-state index contributed by atoms with van der Waals surface area (Å²) in [6.07, 6.45) is -3.36. The van der Waals surface area contributed by atoms with E-state index in [2.05, 4.69) is 12.6 Å². The van der Waals surface area contributed by atoms with Gasteiger partial charge >= 0.3 is 11.9 Å². The van der Waals surface area contributed by atoms with Gasteiger partial charge in [-0.05, 0) is 36.4 Å². The Bertz CT molecular complexity index is 942. The van der Waals surface area contributed by atoms with Crippen molar-refractivity contribution in [3.05, 3.63) is 70.7 Å². The number of hydrogen-bond donors (Lipinski definition) is 1. The number of alkyl halides is 3. The standard InChI is InChI=1S/C16H9F4NO2S/c17-12-7-9(1-6-14(12)24)13-8-23-15(22)21(13)11-4-2-10(3-5-11)16(18,19)20/h1-8,24H. The second-order valence-corrected chi connectivity index (χ2v) is 5.41. The molecule has 2 aromatic carbocycles. The van der Waals surface area contributed by atoms with Gasteiger partial charge in [0.05, 0.1) is 16.9 Å². The normalized spacial score (nSPS) is 11.7. The molecule has 1 heterocycles. The van der Waals surface area contributed by atoms with Crippen LogP contribution in [0.25, 0.3) is 16.9 Å². The van der Waals surface area contributed by atoms with Crippen molar-refractivity contribution in [1.82, 2.24) is 4.57 Å². The number of rotatable bonds is 2. The Balaban J connectivity index is 2.11. The number of oxazole rings is 1. The molecule has 0 radical (unpaired) electrons. The molecule has 3 nitrogen and oxygen atoms in total. The smallest absolute Gasteiger partial charge is 0.415 e. The van der Waals surface area contributed by atoms with Crippen LogP contribution in [0.5, 0.6) is 0 Å². The van der Waals surface area contributed by atoms with Crippen LogP contribution in [0.2, 0.25) is 0 Å². The summed E-state index contributed by atoms with van der Waals surface area (Å²) in [5, 5.41) is 0. The molecular formula is C16H9F4NO2S. The largest absolute Gasteiger partial charge is 0.424 e. The summed E-state index contributed by atoms with van der Waals surface area (Å²) in [7, 11) is 0. The first-order valence-corrected chi connectivity index (χ1v) is 7.09. The van der Waals surface area contributed by atoms with Crippen molar-refractivity contribution in [3.8, 4) is 16.9 Å². The molecule has 24 heavy (non-hydrogen) atoms. The average molecular weight is 355 g/mol. The van der Waals surface area contributed by atoms with Gasteiger partial charge in [-0.3, -0.25) is 0 Å². The zero-order valence-corrected chi connectivity index (χ0v) is 12.7. The molecule has 0 amide bonds. The van der Waals surface area contributed by atoms with E-state index in [-0.39, 0.29) is 16.3 Å². The van der Waals surface area contributed by atoms with Crippen LogP contribution in [0.15, 0.2) is 62.8 Å². The van der Waals surface area contributed by atoms with Crippen LogP contribution < -0.4 is 5.76 Å². The molecule has 0 aliphatic heterocycles. The third-order valence-corrected chi connectivity index (χ3v) is 3.75. The first-order valence-electron chi connectivity index (χ1n) is 6.64. The van der Waals surface area contributed by atoms with Gasteiger partial charge < -0.3 is 4.42 Å². The quantitative estimate of drug-likeness (QED) is 0.541. The van der Waals surface area contributed by atoms with E-state index in [1.165, 1.54) is 12.1 Å². The lowest BCUT2D eigenvalue weighted by Crippen LogP contribution is -2.14. The molecular weight excluding hydrogens is 346 g/mol. The van der Waals surface area contributed by atoms with Gasteiger partial charge in [-0.15, -0.1) is 12.6 Å². The molecule has 0 aliphatic rings. The first-order chi connectivity index (χ1) is 11.3. The molecule has 1 aromatic heterocycles. The molecule has 0 saturated carbocycles. The van der Waals surface area contributed by atoms with E-state index in [1.807, 2.05) is 0 Å². The second-order valence-electron chi connectivity index (χ2n) is 4.93. The van der Waals surface area contributed by atoms with Crippen LogP contribution in [0.1, 0.15) is 5.56 Å². The fraction of sp³-hybridized carbons (Fsp3) is 0.0625. The van der Waals surface area contributed by atoms with Gasteiger partial charge in [0, 0.05) is 10.5 Å². The summed E-state index contributed by atoms with van der Waals surface area (Å²) in [6.45, 7) is 0. The van der Waals surface area contributed by atoms with Gasteiger partial charge in [0.2, 0.25) is 0 Å². The minimum atomic E-state index is -4.48. The van der Waals surface area contributed by atoms with Crippen molar-refractivity contribution in [3.63, 3.8) is 0 Å². The summed E-state index contributed by atoms with van der Waals surface area (Å²) < 4.78 is 57.4. The highest BCUT2D eigenvalue weighted by atomic mass is 32.1. The monoisotopic (exact) mass is 355 g/mol. The van der Waals surface area contributed by atoms with Gasteiger partial charge in [0.1, 0.15) is 12.1 Å². The van der Waals surface area contributed by atoms with Crippen molar-refractivity contribution < 1.29 is 22.0 Å². The van der Waals surface area contributed by atoms with Crippen LogP contribution in [-0.2, 0) is 6.18 Å². The van der Waals surface area contributed by atoms with Crippen molar-refractivity contribution in [2.45, 2.75) is 11.1 Å². The molecule has 0 bridgehead atoms. The highest BCUT2D eigenvalue weighted by Gasteiger charge is 2.30. The predicted octanol–water partition coefficient (Wildman–Crippen LogP) is 4.54. The molecule has 3 aromatic rings. The molecule has 8 heteroatoms. The maximum absolute atomic E-state index is 13.7. The van der Waals surface area contributed by atoms with Gasteiger partial charge in [0.15, 0.2) is 0 Å². The fourth-order valence-corrected chi connectivity index (χ4v) is 2.36. The number of nitrogens with zero attached hydrogens (tertiary/aromatic N) is 1. The Morgan fingerprint density at radius 3 is 2.29 bits per heavy atom. The van der Waals surface area contributed by atoms with E-state index >= 15 is 0 Å². The van der Waals surface area contributed by atoms with Crippen molar-refractivity contribution in [1.29, 1.82) is 0 Å². The summed E-state index contributed by atoms with van der Waals surface area (Å²) in [4.78, 5) is 12.0. The zero-order valence-electron chi connectivity index (χ0n) is 11.8. The van der Waals surface area contributed by atoms with Crippen LogP contribution in [0.4, 0.5) is 17.6 Å². The highest BCUT2D eigenvalue weighted by Crippen LogP contribution is 2.30.